The molecule has 4 N–H and O–H groups in total. The molecule has 0 aliphatic heterocycles. The fourth-order valence-electron chi connectivity index (χ4n) is 5.33. The molecule has 0 heterocycles. The van der Waals surface area contributed by atoms with Crippen molar-refractivity contribution < 1.29 is 0 Å². The molecule has 4 heteroatoms. The Hall–Kier alpha value is -0.770. The van der Waals surface area contributed by atoms with Crippen LogP contribution >= 0.6 is 0 Å². The minimum absolute atomic E-state index is 0.459. The Kier molecular flexibility index (Phi) is 2.76. The Bertz CT molecular complexity index is 394. The minimum Gasteiger partial charge on any atom is -0.369 e. The Morgan fingerprint density at radius 1 is 0.895 bits per heavy atom. The summed E-state index contributed by atoms with van der Waals surface area (Å²) in [7, 11) is 0. The van der Waals surface area contributed by atoms with Crippen LogP contribution in [0.25, 0.3) is 0 Å². The highest BCUT2D eigenvalue weighted by Crippen LogP contribution is 2.47. The van der Waals surface area contributed by atoms with Crippen LogP contribution in [0.4, 0.5) is 0 Å². The molecular weight excluding hydrogens is 236 g/mol. The summed E-state index contributed by atoms with van der Waals surface area (Å²) >= 11 is 0. The van der Waals surface area contributed by atoms with Crippen LogP contribution < -0.4 is 11.6 Å². The zero-order chi connectivity index (χ0) is 13.0. The highest BCUT2D eigenvalue weighted by atomic mass is 15.5. The first-order chi connectivity index (χ1) is 9.20. The van der Waals surface area contributed by atoms with Crippen molar-refractivity contribution in [3.05, 3.63) is 0 Å². The number of aliphatic imine (C=N–C) groups is 1. The molecular formula is C15H26N4. The third-order valence-corrected chi connectivity index (χ3v) is 6.32. The lowest BCUT2D eigenvalue weighted by atomic mass is 9.95. The fourth-order valence-corrected chi connectivity index (χ4v) is 5.33. The van der Waals surface area contributed by atoms with Crippen LogP contribution in [0.5, 0.6) is 0 Å². The smallest absolute Gasteiger partial charge is 0.206 e. The van der Waals surface area contributed by atoms with Crippen molar-refractivity contribution in [2.75, 3.05) is 0 Å². The third kappa shape index (κ3) is 1.95. The van der Waals surface area contributed by atoms with Crippen LogP contribution in [-0.4, -0.2) is 23.1 Å². The summed E-state index contributed by atoms with van der Waals surface area (Å²) in [6.45, 7) is 0. The average molecular weight is 262 g/mol. The maximum Gasteiger partial charge on any atom is 0.206 e. The molecule has 0 aromatic heterocycles. The first-order valence-electron chi connectivity index (χ1n) is 8.08. The normalized spacial score (nSPS) is 48.2. The first-order valence-corrected chi connectivity index (χ1v) is 8.08. The van der Waals surface area contributed by atoms with Gasteiger partial charge in [-0.2, -0.15) is 0 Å². The molecule has 4 bridgehead atoms. The van der Waals surface area contributed by atoms with Gasteiger partial charge in [-0.15, -0.1) is 0 Å². The maximum atomic E-state index is 6.26. The first kappa shape index (κ1) is 12.0. The predicted molar refractivity (Wildman–Crippen MR) is 76.1 cm³/mol. The molecule has 4 fully saturated rings. The van der Waals surface area contributed by atoms with Gasteiger partial charge in [0.2, 0.25) is 5.96 Å². The number of hydrogen-bond acceptors (Lipinski definition) is 2. The van der Waals surface area contributed by atoms with Crippen LogP contribution in [0.2, 0.25) is 0 Å². The lowest BCUT2D eigenvalue weighted by molar-refractivity contribution is 0.226. The summed E-state index contributed by atoms with van der Waals surface area (Å²) in [5.74, 6) is 10.2. The van der Waals surface area contributed by atoms with Crippen molar-refractivity contribution in [1.82, 2.24) is 5.01 Å². The van der Waals surface area contributed by atoms with Gasteiger partial charge in [-0.05, 0) is 62.2 Å². The molecule has 19 heavy (non-hydrogen) atoms. The van der Waals surface area contributed by atoms with Gasteiger partial charge in [0.1, 0.15) is 0 Å². The summed E-state index contributed by atoms with van der Waals surface area (Å²) in [5.41, 5.74) is 6.19. The molecule has 0 aromatic carbocycles. The highest BCUT2D eigenvalue weighted by molar-refractivity contribution is 5.78. The fraction of sp³-hybridized carbons (Fsp3) is 0.933. The number of guanidine groups is 1. The molecule has 4 rings (SSSR count). The Labute approximate surface area is 115 Å². The largest absolute Gasteiger partial charge is 0.369 e. The van der Waals surface area contributed by atoms with Crippen LogP contribution in [-0.2, 0) is 0 Å². The molecule has 0 aromatic rings. The average Bonchev–Trinajstić information content (AvgIpc) is 3.17. The molecule has 4 saturated carbocycles. The van der Waals surface area contributed by atoms with Crippen molar-refractivity contribution in [2.45, 2.75) is 63.5 Å². The van der Waals surface area contributed by atoms with E-state index in [9.17, 15) is 0 Å². The summed E-state index contributed by atoms with van der Waals surface area (Å²) in [6.07, 6.45) is 10.7. The van der Waals surface area contributed by atoms with Crippen LogP contribution in [0.15, 0.2) is 4.99 Å². The van der Waals surface area contributed by atoms with Crippen molar-refractivity contribution in [2.24, 2.45) is 40.2 Å². The number of hydrazine groups is 1. The molecule has 0 radical (unpaired) electrons. The molecule has 6 atom stereocenters. The Balaban J connectivity index is 1.43. The van der Waals surface area contributed by atoms with Gasteiger partial charge >= 0.3 is 0 Å². The molecule has 0 saturated heterocycles. The predicted octanol–water partition coefficient (Wildman–Crippen LogP) is 1.85. The summed E-state index contributed by atoms with van der Waals surface area (Å²) in [4.78, 5) is 4.78. The van der Waals surface area contributed by atoms with Gasteiger partial charge in [0, 0.05) is 0 Å². The van der Waals surface area contributed by atoms with E-state index in [4.69, 9.17) is 16.6 Å². The second-order valence-corrected chi connectivity index (χ2v) is 7.38. The zero-order valence-corrected chi connectivity index (χ0v) is 11.7. The monoisotopic (exact) mass is 262 g/mol. The summed E-state index contributed by atoms with van der Waals surface area (Å²) in [6, 6.07) is 0.921. The minimum atomic E-state index is 0.459. The summed E-state index contributed by atoms with van der Waals surface area (Å²) < 4.78 is 0. The lowest BCUT2D eigenvalue weighted by Crippen LogP contribution is -2.52. The third-order valence-electron chi connectivity index (χ3n) is 6.32. The Morgan fingerprint density at radius 2 is 1.58 bits per heavy atom. The van der Waals surface area contributed by atoms with E-state index in [0.29, 0.717) is 18.0 Å². The standard InChI is InChI=1S/C15H26N4/c16-15(18-13-7-9-1-3-11(13)5-9)19(17)14-8-10-2-4-12(14)6-10/h9-14H,1-8,17H2,(H2,16,18). The summed E-state index contributed by atoms with van der Waals surface area (Å²) in [5, 5.41) is 1.82. The van der Waals surface area contributed by atoms with Crippen LogP contribution in [0.3, 0.4) is 0 Å². The van der Waals surface area contributed by atoms with E-state index in [1.807, 2.05) is 5.01 Å². The van der Waals surface area contributed by atoms with Gasteiger partial charge < -0.3 is 5.73 Å². The van der Waals surface area contributed by atoms with E-state index in [-0.39, 0.29) is 0 Å². The second-order valence-electron chi connectivity index (χ2n) is 7.38. The van der Waals surface area contributed by atoms with Crippen molar-refractivity contribution in [3.8, 4) is 0 Å². The molecule has 6 unspecified atom stereocenters. The SMILES string of the molecule is NC(=NC1CC2CCC1C2)N(N)C1CC2CCC1C2. The molecule has 4 aliphatic carbocycles. The van der Waals surface area contributed by atoms with E-state index >= 15 is 0 Å². The number of nitrogens with zero attached hydrogens (tertiary/aromatic N) is 2. The zero-order valence-electron chi connectivity index (χ0n) is 11.7. The van der Waals surface area contributed by atoms with Gasteiger partial charge in [0.25, 0.3) is 0 Å². The van der Waals surface area contributed by atoms with E-state index in [1.165, 1.54) is 51.4 Å². The van der Waals surface area contributed by atoms with E-state index in [2.05, 4.69) is 0 Å². The van der Waals surface area contributed by atoms with Gasteiger partial charge in [0.05, 0.1) is 12.1 Å². The molecule has 4 nitrogen and oxygen atoms in total. The number of hydrogen-bond donors (Lipinski definition) is 2. The highest BCUT2D eigenvalue weighted by Gasteiger charge is 2.43. The van der Waals surface area contributed by atoms with E-state index < -0.39 is 0 Å². The van der Waals surface area contributed by atoms with E-state index in [0.717, 1.165) is 23.7 Å². The van der Waals surface area contributed by atoms with Gasteiger partial charge in [0.15, 0.2) is 0 Å². The van der Waals surface area contributed by atoms with Crippen LogP contribution in [0.1, 0.15) is 51.4 Å². The number of nitrogens with two attached hydrogens (primary N) is 2. The maximum absolute atomic E-state index is 6.26. The second kappa shape index (κ2) is 4.37. The van der Waals surface area contributed by atoms with Gasteiger partial charge in [-0.25, -0.2) is 10.8 Å². The molecule has 106 valence electrons. The van der Waals surface area contributed by atoms with Gasteiger partial charge in [-0.3, -0.25) is 5.01 Å². The van der Waals surface area contributed by atoms with E-state index in [1.54, 1.807) is 0 Å². The molecule has 0 amide bonds. The van der Waals surface area contributed by atoms with Crippen LogP contribution in [0, 0.1) is 23.7 Å². The van der Waals surface area contributed by atoms with Gasteiger partial charge in [-0.1, -0.05) is 12.8 Å². The number of rotatable bonds is 2. The van der Waals surface area contributed by atoms with Crippen molar-refractivity contribution in [1.29, 1.82) is 0 Å². The molecule has 0 spiro atoms. The lowest BCUT2D eigenvalue weighted by Gasteiger charge is -2.32. The quantitative estimate of drug-likeness (QED) is 0.345. The Morgan fingerprint density at radius 3 is 2.11 bits per heavy atom. The molecule has 4 aliphatic rings. The van der Waals surface area contributed by atoms with Crippen molar-refractivity contribution >= 4 is 5.96 Å². The topological polar surface area (TPSA) is 67.6 Å². The van der Waals surface area contributed by atoms with Crippen molar-refractivity contribution in [3.63, 3.8) is 0 Å². The number of fused-ring (bicyclic) bond motifs is 4.